The largest absolute Gasteiger partial charge is 0.356 e. The van der Waals surface area contributed by atoms with Crippen LogP contribution in [0.1, 0.15) is 29.9 Å². The second kappa shape index (κ2) is 3.37. The van der Waals surface area contributed by atoms with Gasteiger partial charge in [-0.2, -0.15) is 0 Å². The van der Waals surface area contributed by atoms with Crippen LogP contribution in [0.4, 0.5) is 0 Å². The van der Waals surface area contributed by atoms with E-state index in [1.165, 1.54) is 24.0 Å². The van der Waals surface area contributed by atoms with E-state index in [-0.39, 0.29) is 5.91 Å². The minimum Gasteiger partial charge on any atom is -0.356 e. The summed E-state index contributed by atoms with van der Waals surface area (Å²) in [5, 5.41) is 2.94. The van der Waals surface area contributed by atoms with Crippen LogP contribution < -0.4 is 5.32 Å². The van der Waals surface area contributed by atoms with E-state index in [0.717, 1.165) is 13.0 Å². The predicted molar refractivity (Wildman–Crippen MR) is 58.6 cm³/mol. The molecule has 0 bridgehead atoms. The molecule has 1 N–H and O–H groups in total. The van der Waals surface area contributed by atoms with E-state index in [4.69, 9.17) is 0 Å². The number of nitrogens with one attached hydrogen (secondary N) is 1. The average molecular weight is 201 g/mol. The Morgan fingerprint density at radius 3 is 2.93 bits per heavy atom. The topological polar surface area (TPSA) is 29.1 Å². The van der Waals surface area contributed by atoms with Crippen molar-refractivity contribution in [3.05, 3.63) is 35.4 Å². The summed E-state index contributed by atoms with van der Waals surface area (Å²) >= 11 is 0. The number of aryl methyl sites for hydroxylation is 1. The van der Waals surface area contributed by atoms with Gasteiger partial charge in [-0.1, -0.05) is 24.3 Å². The molecular weight excluding hydrogens is 186 g/mol. The molecule has 0 spiro atoms. The summed E-state index contributed by atoms with van der Waals surface area (Å²) in [7, 11) is 0. The Bertz CT molecular complexity index is 399. The number of amides is 1. The Hall–Kier alpha value is -1.31. The SMILES string of the molecule is O=C1CC(C2CCc3ccccc32)CN1. The molecule has 1 heterocycles. The molecule has 2 unspecified atom stereocenters. The first-order chi connectivity index (χ1) is 7.34. The lowest BCUT2D eigenvalue weighted by Crippen LogP contribution is -2.16. The smallest absolute Gasteiger partial charge is 0.220 e. The molecule has 1 aliphatic carbocycles. The van der Waals surface area contributed by atoms with Gasteiger partial charge in [0.25, 0.3) is 0 Å². The molecule has 1 aliphatic heterocycles. The van der Waals surface area contributed by atoms with Crippen molar-refractivity contribution in [2.45, 2.75) is 25.2 Å². The van der Waals surface area contributed by atoms with Gasteiger partial charge in [-0.05, 0) is 35.8 Å². The van der Waals surface area contributed by atoms with Crippen molar-refractivity contribution >= 4 is 5.91 Å². The third-order valence-electron chi connectivity index (χ3n) is 3.76. The summed E-state index contributed by atoms with van der Waals surface area (Å²) in [4.78, 5) is 11.2. The number of hydrogen-bond donors (Lipinski definition) is 1. The zero-order chi connectivity index (χ0) is 10.3. The summed E-state index contributed by atoms with van der Waals surface area (Å²) < 4.78 is 0. The number of benzene rings is 1. The van der Waals surface area contributed by atoms with Crippen molar-refractivity contribution in [2.24, 2.45) is 5.92 Å². The molecule has 1 aromatic rings. The van der Waals surface area contributed by atoms with Crippen LogP contribution in [0.15, 0.2) is 24.3 Å². The molecule has 2 heteroatoms. The van der Waals surface area contributed by atoms with Crippen LogP contribution in [0.3, 0.4) is 0 Å². The van der Waals surface area contributed by atoms with E-state index in [1.54, 1.807) is 0 Å². The lowest BCUT2D eigenvalue weighted by Gasteiger charge is -2.17. The van der Waals surface area contributed by atoms with Crippen LogP contribution in [0.25, 0.3) is 0 Å². The number of carbonyl (C=O) groups excluding carboxylic acids is 1. The van der Waals surface area contributed by atoms with Crippen molar-refractivity contribution in [2.75, 3.05) is 6.54 Å². The van der Waals surface area contributed by atoms with Crippen LogP contribution in [0.5, 0.6) is 0 Å². The van der Waals surface area contributed by atoms with E-state index in [1.807, 2.05) is 0 Å². The maximum absolute atomic E-state index is 11.2. The fourth-order valence-corrected chi connectivity index (χ4v) is 2.99. The van der Waals surface area contributed by atoms with Crippen LogP contribution in [-0.2, 0) is 11.2 Å². The summed E-state index contributed by atoms with van der Waals surface area (Å²) in [5.41, 5.74) is 2.97. The van der Waals surface area contributed by atoms with Gasteiger partial charge in [0.05, 0.1) is 0 Å². The second-order valence-corrected chi connectivity index (χ2v) is 4.61. The normalized spacial score (nSPS) is 28.9. The van der Waals surface area contributed by atoms with Gasteiger partial charge in [0, 0.05) is 13.0 Å². The minimum atomic E-state index is 0.226. The molecule has 15 heavy (non-hydrogen) atoms. The summed E-state index contributed by atoms with van der Waals surface area (Å²) in [5.74, 6) is 1.37. The number of fused-ring (bicyclic) bond motifs is 1. The average Bonchev–Trinajstić information content (AvgIpc) is 2.83. The van der Waals surface area contributed by atoms with Crippen molar-refractivity contribution in [3.8, 4) is 0 Å². The van der Waals surface area contributed by atoms with Gasteiger partial charge in [-0.3, -0.25) is 4.79 Å². The number of hydrogen-bond acceptors (Lipinski definition) is 1. The highest BCUT2D eigenvalue weighted by Crippen LogP contribution is 2.40. The minimum absolute atomic E-state index is 0.226. The van der Waals surface area contributed by atoms with Gasteiger partial charge in [0.15, 0.2) is 0 Å². The maximum atomic E-state index is 11.2. The van der Waals surface area contributed by atoms with E-state index < -0.39 is 0 Å². The third kappa shape index (κ3) is 1.44. The van der Waals surface area contributed by atoms with Crippen LogP contribution in [0, 0.1) is 5.92 Å². The molecule has 3 rings (SSSR count). The highest BCUT2D eigenvalue weighted by atomic mass is 16.1. The Morgan fingerprint density at radius 2 is 2.13 bits per heavy atom. The van der Waals surface area contributed by atoms with E-state index in [2.05, 4.69) is 29.6 Å². The molecule has 1 amide bonds. The fourth-order valence-electron chi connectivity index (χ4n) is 2.99. The predicted octanol–water partition coefficient (Wildman–Crippen LogP) is 1.85. The molecule has 2 aliphatic rings. The first kappa shape index (κ1) is 8.96. The van der Waals surface area contributed by atoms with E-state index in [9.17, 15) is 4.79 Å². The molecule has 1 saturated heterocycles. The Kier molecular flexibility index (Phi) is 2.01. The van der Waals surface area contributed by atoms with Crippen molar-refractivity contribution in [3.63, 3.8) is 0 Å². The van der Waals surface area contributed by atoms with Gasteiger partial charge >= 0.3 is 0 Å². The summed E-state index contributed by atoms with van der Waals surface area (Å²) in [6.45, 7) is 0.873. The van der Waals surface area contributed by atoms with Crippen molar-refractivity contribution in [1.82, 2.24) is 5.32 Å². The molecule has 0 radical (unpaired) electrons. The van der Waals surface area contributed by atoms with Gasteiger partial charge < -0.3 is 5.32 Å². The Morgan fingerprint density at radius 1 is 1.27 bits per heavy atom. The van der Waals surface area contributed by atoms with Crippen molar-refractivity contribution in [1.29, 1.82) is 0 Å². The van der Waals surface area contributed by atoms with Gasteiger partial charge in [0.1, 0.15) is 0 Å². The summed E-state index contributed by atoms with van der Waals surface area (Å²) in [6, 6.07) is 8.68. The number of carbonyl (C=O) groups is 1. The van der Waals surface area contributed by atoms with Crippen LogP contribution >= 0.6 is 0 Å². The van der Waals surface area contributed by atoms with Crippen LogP contribution in [0.2, 0.25) is 0 Å². The van der Waals surface area contributed by atoms with Crippen LogP contribution in [-0.4, -0.2) is 12.5 Å². The first-order valence-corrected chi connectivity index (χ1v) is 5.69. The molecule has 0 saturated carbocycles. The van der Waals surface area contributed by atoms with Gasteiger partial charge in [-0.25, -0.2) is 0 Å². The zero-order valence-corrected chi connectivity index (χ0v) is 8.70. The number of rotatable bonds is 1. The standard InChI is InChI=1S/C13H15NO/c15-13-7-10(8-14-13)12-6-5-9-3-1-2-4-11(9)12/h1-4,10,12H,5-8H2,(H,14,15). The zero-order valence-electron chi connectivity index (χ0n) is 8.70. The first-order valence-electron chi connectivity index (χ1n) is 5.69. The lowest BCUT2D eigenvalue weighted by atomic mass is 9.87. The van der Waals surface area contributed by atoms with E-state index in [0.29, 0.717) is 11.8 Å². The molecule has 1 aromatic carbocycles. The Balaban J connectivity index is 1.87. The van der Waals surface area contributed by atoms with Crippen molar-refractivity contribution < 1.29 is 4.79 Å². The highest BCUT2D eigenvalue weighted by molar-refractivity contribution is 5.78. The highest BCUT2D eigenvalue weighted by Gasteiger charge is 2.33. The Labute approximate surface area is 89.7 Å². The monoisotopic (exact) mass is 201 g/mol. The summed E-state index contributed by atoms with van der Waals surface area (Å²) in [6.07, 6.45) is 3.13. The van der Waals surface area contributed by atoms with Gasteiger partial charge in [-0.15, -0.1) is 0 Å². The lowest BCUT2D eigenvalue weighted by molar-refractivity contribution is -0.119. The van der Waals surface area contributed by atoms with Gasteiger partial charge in [0.2, 0.25) is 5.91 Å². The quantitative estimate of drug-likeness (QED) is 0.738. The third-order valence-corrected chi connectivity index (χ3v) is 3.76. The fraction of sp³-hybridized carbons (Fsp3) is 0.462. The molecule has 1 fully saturated rings. The maximum Gasteiger partial charge on any atom is 0.220 e. The molecule has 0 aromatic heterocycles. The molecule has 2 nitrogen and oxygen atoms in total. The van der Waals surface area contributed by atoms with E-state index >= 15 is 0 Å². The molecule has 78 valence electrons. The molecular formula is C13H15NO. The molecule has 2 atom stereocenters. The second-order valence-electron chi connectivity index (χ2n) is 4.61.